The van der Waals surface area contributed by atoms with Gasteiger partial charge >= 0.3 is 0 Å². The largest absolute Gasteiger partial charge is 0.356 e. The van der Waals surface area contributed by atoms with Crippen molar-refractivity contribution in [2.24, 2.45) is 5.41 Å². The first-order valence-electron chi connectivity index (χ1n) is 7.05. The fraction of sp³-hybridized carbons (Fsp3) is 0.929. The molecular formula is C14H27ClN2O. The van der Waals surface area contributed by atoms with Gasteiger partial charge in [-0.3, -0.25) is 4.79 Å². The number of likely N-dealkylation sites (tertiary alicyclic amines) is 1. The molecule has 0 aromatic rings. The van der Waals surface area contributed by atoms with Gasteiger partial charge < -0.3 is 10.2 Å². The Morgan fingerprint density at radius 3 is 2.78 bits per heavy atom. The number of carbonyl (C=O) groups is 1. The van der Waals surface area contributed by atoms with Gasteiger partial charge in [0.15, 0.2) is 0 Å². The van der Waals surface area contributed by atoms with E-state index in [-0.39, 0.29) is 5.91 Å². The molecule has 0 aromatic carbocycles. The minimum absolute atomic E-state index is 0.0594. The van der Waals surface area contributed by atoms with Crippen molar-refractivity contribution in [2.45, 2.75) is 52.5 Å². The lowest BCUT2D eigenvalue weighted by atomic mass is 9.95. The Morgan fingerprint density at radius 2 is 2.17 bits per heavy atom. The van der Waals surface area contributed by atoms with Crippen LogP contribution in [0.2, 0.25) is 0 Å². The summed E-state index contributed by atoms with van der Waals surface area (Å²) in [5.74, 6) is 0.423. The van der Waals surface area contributed by atoms with Crippen LogP contribution < -0.4 is 5.32 Å². The standard InChI is InChI=1S/C14H27ClN2O/c1-12-7-4-5-9-17(12)10-6-8-16-13(18)14(2,3)11-15/h12H,4-11H2,1-3H3,(H,16,18). The van der Waals surface area contributed by atoms with E-state index in [2.05, 4.69) is 17.1 Å². The first-order valence-corrected chi connectivity index (χ1v) is 7.59. The zero-order valence-corrected chi connectivity index (χ0v) is 12.7. The minimum atomic E-state index is -0.458. The normalized spacial score (nSPS) is 21.9. The summed E-state index contributed by atoms with van der Waals surface area (Å²) in [5.41, 5.74) is -0.458. The predicted octanol–water partition coefficient (Wildman–Crippen LogP) is 2.63. The molecule has 1 fully saturated rings. The average Bonchev–Trinajstić information content (AvgIpc) is 2.36. The molecule has 1 amide bonds. The Bertz CT molecular complexity index is 269. The SMILES string of the molecule is CC1CCCCN1CCCNC(=O)C(C)(C)CCl. The second-order valence-corrected chi connectivity index (χ2v) is 6.28. The summed E-state index contributed by atoms with van der Waals surface area (Å²) < 4.78 is 0. The van der Waals surface area contributed by atoms with Gasteiger partial charge in [-0.2, -0.15) is 0 Å². The molecule has 1 N–H and O–H groups in total. The minimum Gasteiger partial charge on any atom is -0.356 e. The van der Waals surface area contributed by atoms with Gasteiger partial charge in [0.1, 0.15) is 0 Å². The number of hydrogen-bond donors (Lipinski definition) is 1. The zero-order valence-electron chi connectivity index (χ0n) is 12.0. The van der Waals surface area contributed by atoms with Gasteiger partial charge in [0.2, 0.25) is 5.91 Å². The first kappa shape index (κ1) is 15.8. The summed E-state index contributed by atoms with van der Waals surface area (Å²) >= 11 is 5.77. The van der Waals surface area contributed by atoms with E-state index in [4.69, 9.17) is 11.6 Å². The van der Waals surface area contributed by atoms with Crippen LogP contribution >= 0.6 is 11.6 Å². The van der Waals surface area contributed by atoms with Crippen LogP contribution in [-0.4, -0.2) is 42.4 Å². The molecule has 4 heteroatoms. The van der Waals surface area contributed by atoms with Crippen LogP contribution in [0.1, 0.15) is 46.5 Å². The van der Waals surface area contributed by atoms with Gasteiger partial charge in [0.05, 0.1) is 5.41 Å². The lowest BCUT2D eigenvalue weighted by Gasteiger charge is -2.33. The third-order valence-electron chi connectivity index (χ3n) is 3.80. The molecule has 1 unspecified atom stereocenters. The van der Waals surface area contributed by atoms with Crippen molar-refractivity contribution in [2.75, 3.05) is 25.5 Å². The fourth-order valence-corrected chi connectivity index (χ4v) is 2.40. The maximum atomic E-state index is 11.8. The van der Waals surface area contributed by atoms with Crippen LogP contribution in [-0.2, 0) is 4.79 Å². The van der Waals surface area contributed by atoms with Crippen molar-refractivity contribution in [3.63, 3.8) is 0 Å². The van der Waals surface area contributed by atoms with Crippen LogP contribution in [0.3, 0.4) is 0 Å². The number of amides is 1. The van der Waals surface area contributed by atoms with Crippen molar-refractivity contribution < 1.29 is 4.79 Å². The predicted molar refractivity (Wildman–Crippen MR) is 77.0 cm³/mol. The van der Waals surface area contributed by atoms with E-state index in [9.17, 15) is 4.79 Å². The Kier molecular flexibility index (Phi) is 6.44. The van der Waals surface area contributed by atoms with E-state index in [0.29, 0.717) is 11.9 Å². The van der Waals surface area contributed by atoms with E-state index < -0.39 is 5.41 Å². The zero-order chi connectivity index (χ0) is 13.6. The van der Waals surface area contributed by atoms with Gasteiger partial charge in [0, 0.05) is 25.0 Å². The van der Waals surface area contributed by atoms with Crippen LogP contribution in [0.15, 0.2) is 0 Å². The van der Waals surface area contributed by atoms with E-state index in [1.54, 1.807) is 0 Å². The van der Waals surface area contributed by atoms with Gasteiger partial charge in [-0.1, -0.05) is 6.42 Å². The molecule has 0 radical (unpaired) electrons. The molecule has 1 aliphatic rings. The molecule has 1 heterocycles. The Hall–Kier alpha value is -0.280. The topological polar surface area (TPSA) is 32.3 Å². The highest BCUT2D eigenvalue weighted by Crippen LogP contribution is 2.17. The second kappa shape index (κ2) is 7.34. The summed E-state index contributed by atoms with van der Waals surface area (Å²) in [5, 5.41) is 2.98. The highest BCUT2D eigenvalue weighted by atomic mass is 35.5. The summed E-state index contributed by atoms with van der Waals surface area (Å²) in [6.07, 6.45) is 5.01. The van der Waals surface area contributed by atoms with E-state index in [0.717, 1.165) is 19.5 Å². The van der Waals surface area contributed by atoms with E-state index in [1.807, 2.05) is 13.8 Å². The molecule has 1 saturated heterocycles. The van der Waals surface area contributed by atoms with Crippen LogP contribution in [0, 0.1) is 5.41 Å². The number of rotatable bonds is 6. The van der Waals surface area contributed by atoms with Crippen LogP contribution in [0.4, 0.5) is 0 Å². The maximum Gasteiger partial charge on any atom is 0.226 e. The Balaban J connectivity index is 2.16. The monoisotopic (exact) mass is 274 g/mol. The molecule has 1 rings (SSSR count). The molecule has 0 saturated carbocycles. The van der Waals surface area contributed by atoms with E-state index in [1.165, 1.54) is 25.8 Å². The number of piperidine rings is 1. The lowest BCUT2D eigenvalue weighted by molar-refractivity contribution is -0.128. The summed E-state index contributed by atoms with van der Waals surface area (Å²) in [6, 6.07) is 0.703. The highest BCUT2D eigenvalue weighted by molar-refractivity contribution is 6.19. The molecule has 1 aliphatic heterocycles. The maximum absolute atomic E-state index is 11.8. The number of hydrogen-bond acceptors (Lipinski definition) is 2. The van der Waals surface area contributed by atoms with Crippen LogP contribution in [0.5, 0.6) is 0 Å². The second-order valence-electron chi connectivity index (χ2n) is 6.01. The molecule has 0 aliphatic carbocycles. The highest BCUT2D eigenvalue weighted by Gasteiger charge is 2.26. The van der Waals surface area contributed by atoms with Crippen molar-refractivity contribution in [1.82, 2.24) is 10.2 Å². The van der Waals surface area contributed by atoms with Gasteiger partial charge in [-0.05, 0) is 46.6 Å². The van der Waals surface area contributed by atoms with Crippen molar-refractivity contribution in [3.8, 4) is 0 Å². The number of nitrogens with one attached hydrogen (secondary N) is 1. The first-order chi connectivity index (χ1) is 8.47. The van der Waals surface area contributed by atoms with Crippen LogP contribution in [0.25, 0.3) is 0 Å². The average molecular weight is 275 g/mol. The number of halogens is 1. The summed E-state index contributed by atoms with van der Waals surface area (Å²) in [4.78, 5) is 14.3. The Labute approximate surface area is 116 Å². The van der Waals surface area contributed by atoms with Crippen molar-refractivity contribution in [3.05, 3.63) is 0 Å². The van der Waals surface area contributed by atoms with E-state index >= 15 is 0 Å². The molecule has 0 spiro atoms. The number of carbonyl (C=O) groups excluding carboxylic acids is 1. The van der Waals surface area contributed by atoms with Crippen molar-refractivity contribution >= 4 is 17.5 Å². The number of nitrogens with zero attached hydrogens (tertiary/aromatic N) is 1. The third kappa shape index (κ3) is 4.77. The molecule has 18 heavy (non-hydrogen) atoms. The summed E-state index contributed by atoms with van der Waals surface area (Å²) in [7, 11) is 0. The lowest BCUT2D eigenvalue weighted by Crippen LogP contribution is -2.41. The molecule has 0 aromatic heterocycles. The Morgan fingerprint density at radius 1 is 1.44 bits per heavy atom. The molecule has 3 nitrogen and oxygen atoms in total. The molecule has 1 atom stereocenters. The van der Waals surface area contributed by atoms with Crippen molar-refractivity contribution in [1.29, 1.82) is 0 Å². The molecule has 0 bridgehead atoms. The van der Waals surface area contributed by atoms with Gasteiger partial charge in [0.25, 0.3) is 0 Å². The quantitative estimate of drug-likeness (QED) is 0.597. The summed E-state index contributed by atoms with van der Waals surface area (Å²) in [6.45, 7) is 9.10. The van der Waals surface area contributed by atoms with Gasteiger partial charge in [-0.15, -0.1) is 11.6 Å². The smallest absolute Gasteiger partial charge is 0.226 e. The number of alkyl halides is 1. The fourth-order valence-electron chi connectivity index (χ4n) is 2.27. The van der Waals surface area contributed by atoms with Gasteiger partial charge in [-0.25, -0.2) is 0 Å². The third-order valence-corrected chi connectivity index (χ3v) is 4.47. The molecular weight excluding hydrogens is 248 g/mol. The molecule has 106 valence electrons.